The average molecular weight is 449 g/mol. The van der Waals surface area contributed by atoms with Gasteiger partial charge in [-0.3, -0.25) is 9.59 Å². The number of carbonyl (C=O) groups excluding carboxylic acids is 2. The molecule has 0 saturated carbocycles. The molecule has 1 aromatic heterocycles. The van der Waals surface area contributed by atoms with Gasteiger partial charge >= 0.3 is 0 Å². The lowest BCUT2D eigenvalue weighted by Crippen LogP contribution is -2.47. The van der Waals surface area contributed by atoms with Gasteiger partial charge in [0.25, 0.3) is 0 Å². The standard InChI is InChI=1S/C23H29ClN2O3S/c1-17-10-12-30-21(17)15-25(13-19-7-4-3-5-8-19)22(27)16-26(23(28)18(2)24)14-20-9-6-11-29-20/h3-5,7-8,10,12,18,20H,6,9,11,13-16H2,1-2H3. The minimum Gasteiger partial charge on any atom is -0.376 e. The molecule has 7 heteroatoms. The number of halogens is 1. The van der Waals surface area contributed by atoms with Crippen molar-refractivity contribution in [2.45, 2.75) is 51.3 Å². The van der Waals surface area contributed by atoms with Crippen LogP contribution in [-0.4, -0.2) is 52.8 Å². The van der Waals surface area contributed by atoms with Crippen LogP contribution in [0.5, 0.6) is 0 Å². The smallest absolute Gasteiger partial charge is 0.242 e. The molecule has 0 radical (unpaired) electrons. The Morgan fingerprint density at radius 1 is 1.20 bits per heavy atom. The summed E-state index contributed by atoms with van der Waals surface area (Å²) in [6.45, 7) is 5.83. The Kier molecular flexibility index (Phi) is 8.31. The molecule has 1 aliphatic rings. The van der Waals surface area contributed by atoms with Crippen molar-refractivity contribution in [2.75, 3.05) is 19.7 Å². The molecule has 2 unspecified atom stereocenters. The Bertz CT molecular complexity index is 834. The van der Waals surface area contributed by atoms with Gasteiger partial charge in [0.05, 0.1) is 19.2 Å². The number of aryl methyl sites for hydroxylation is 1. The van der Waals surface area contributed by atoms with E-state index in [9.17, 15) is 9.59 Å². The molecule has 2 amide bonds. The van der Waals surface area contributed by atoms with Crippen molar-refractivity contribution >= 4 is 34.8 Å². The molecule has 1 aromatic carbocycles. The van der Waals surface area contributed by atoms with Crippen LogP contribution in [0.25, 0.3) is 0 Å². The monoisotopic (exact) mass is 448 g/mol. The topological polar surface area (TPSA) is 49.9 Å². The Balaban J connectivity index is 1.76. The lowest BCUT2D eigenvalue weighted by molar-refractivity contribution is -0.142. The van der Waals surface area contributed by atoms with Crippen molar-refractivity contribution in [3.8, 4) is 0 Å². The van der Waals surface area contributed by atoms with Gasteiger partial charge in [-0.25, -0.2) is 0 Å². The van der Waals surface area contributed by atoms with Gasteiger partial charge in [0, 0.05) is 24.6 Å². The molecule has 5 nitrogen and oxygen atoms in total. The van der Waals surface area contributed by atoms with E-state index in [1.54, 1.807) is 23.2 Å². The maximum atomic E-state index is 13.3. The maximum Gasteiger partial charge on any atom is 0.242 e. The lowest BCUT2D eigenvalue weighted by Gasteiger charge is -2.30. The molecule has 162 valence electrons. The van der Waals surface area contributed by atoms with Gasteiger partial charge in [0.15, 0.2) is 0 Å². The number of benzene rings is 1. The molecule has 2 atom stereocenters. The van der Waals surface area contributed by atoms with Crippen molar-refractivity contribution < 1.29 is 14.3 Å². The summed E-state index contributed by atoms with van der Waals surface area (Å²) in [5.41, 5.74) is 2.23. The summed E-state index contributed by atoms with van der Waals surface area (Å²) in [5.74, 6) is -0.317. The third kappa shape index (κ3) is 6.30. The summed E-state index contributed by atoms with van der Waals surface area (Å²) in [6.07, 6.45) is 1.85. The molecule has 2 heterocycles. The van der Waals surface area contributed by atoms with E-state index < -0.39 is 5.38 Å². The molecule has 2 aromatic rings. The number of hydrogen-bond acceptors (Lipinski definition) is 4. The molecule has 0 aliphatic carbocycles. The second-order valence-corrected chi connectivity index (χ2v) is 9.39. The van der Waals surface area contributed by atoms with Crippen molar-refractivity contribution in [1.29, 1.82) is 0 Å². The van der Waals surface area contributed by atoms with Gasteiger partial charge in [0.1, 0.15) is 5.38 Å². The first-order valence-electron chi connectivity index (χ1n) is 10.3. The van der Waals surface area contributed by atoms with E-state index in [0.717, 1.165) is 23.3 Å². The zero-order valence-electron chi connectivity index (χ0n) is 17.6. The van der Waals surface area contributed by atoms with Crippen LogP contribution in [-0.2, 0) is 27.4 Å². The highest BCUT2D eigenvalue weighted by molar-refractivity contribution is 7.10. The Hall–Kier alpha value is -1.89. The van der Waals surface area contributed by atoms with E-state index in [4.69, 9.17) is 16.3 Å². The third-order valence-electron chi connectivity index (χ3n) is 5.30. The van der Waals surface area contributed by atoms with E-state index >= 15 is 0 Å². The second-order valence-electron chi connectivity index (χ2n) is 7.73. The number of ether oxygens (including phenoxy) is 1. The number of nitrogens with zero attached hydrogens (tertiary/aromatic N) is 2. The molecular weight excluding hydrogens is 420 g/mol. The number of carbonyl (C=O) groups is 2. The molecule has 0 bridgehead atoms. The van der Waals surface area contributed by atoms with Crippen LogP contribution in [0.4, 0.5) is 0 Å². The quantitative estimate of drug-likeness (QED) is 0.539. The fourth-order valence-corrected chi connectivity index (χ4v) is 4.62. The Labute approximate surface area is 187 Å². The fourth-order valence-electron chi connectivity index (χ4n) is 3.56. The van der Waals surface area contributed by atoms with Gasteiger partial charge in [-0.05, 0) is 49.3 Å². The number of rotatable bonds is 9. The highest BCUT2D eigenvalue weighted by atomic mass is 35.5. The predicted octanol–water partition coefficient (Wildman–Crippen LogP) is 4.22. The van der Waals surface area contributed by atoms with Crippen LogP contribution in [0.3, 0.4) is 0 Å². The van der Waals surface area contributed by atoms with Crippen LogP contribution in [0.15, 0.2) is 41.8 Å². The van der Waals surface area contributed by atoms with E-state index in [1.807, 2.05) is 40.6 Å². The second kappa shape index (κ2) is 10.9. The molecule has 30 heavy (non-hydrogen) atoms. The molecule has 0 spiro atoms. The number of amides is 2. The minimum atomic E-state index is -0.679. The first-order valence-corrected chi connectivity index (χ1v) is 11.6. The Morgan fingerprint density at radius 3 is 2.57 bits per heavy atom. The van der Waals surface area contributed by atoms with Crippen LogP contribution in [0.1, 0.15) is 35.8 Å². The summed E-state index contributed by atoms with van der Waals surface area (Å²) in [4.78, 5) is 30.6. The molecule has 1 aliphatic heterocycles. The van der Waals surface area contributed by atoms with E-state index in [1.165, 1.54) is 5.56 Å². The highest BCUT2D eigenvalue weighted by Gasteiger charge is 2.28. The van der Waals surface area contributed by atoms with Crippen LogP contribution in [0, 0.1) is 6.92 Å². The molecular formula is C23H29ClN2O3S. The largest absolute Gasteiger partial charge is 0.376 e. The van der Waals surface area contributed by atoms with E-state index in [-0.39, 0.29) is 24.5 Å². The zero-order valence-corrected chi connectivity index (χ0v) is 19.1. The van der Waals surface area contributed by atoms with Gasteiger partial charge in [-0.1, -0.05) is 30.3 Å². The van der Waals surface area contributed by atoms with Crippen molar-refractivity contribution in [3.05, 3.63) is 57.8 Å². The maximum absolute atomic E-state index is 13.3. The van der Waals surface area contributed by atoms with Gasteiger partial charge in [0.2, 0.25) is 11.8 Å². The summed E-state index contributed by atoms with van der Waals surface area (Å²) in [7, 11) is 0. The summed E-state index contributed by atoms with van der Waals surface area (Å²) < 4.78 is 5.69. The Morgan fingerprint density at radius 2 is 1.97 bits per heavy atom. The summed E-state index contributed by atoms with van der Waals surface area (Å²) in [5, 5.41) is 1.36. The minimum absolute atomic E-state index is 0.00695. The summed E-state index contributed by atoms with van der Waals surface area (Å²) in [6, 6.07) is 12.0. The number of thiophene rings is 1. The van der Waals surface area contributed by atoms with Crippen LogP contribution < -0.4 is 0 Å². The fraction of sp³-hybridized carbons (Fsp3) is 0.478. The predicted molar refractivity (Wildman–Crippen MR) is 121 cm³/mol. The first-order chi connectivity index (χ1) is 14.4. The average Bonchev–Trinajstić information content (AvgIpc) is 3.39. The SMILES string of the molecule is Cc1ccsc1CN(Cc1ccccc1)C(=O)CN(CC1CCCO1)C(=O)C(C)Cl. The van der Waals surface area contributed by atoms with Gasteiger partial charge in [-0.2, -0.15) is 0 Å². The lowest BCUT2D eigenvalue weighted by atomic mass is 10.2. The van der Waals surface area contributed by atoms with Crippen LogP contribution >= 0.6 is 22.9 Å². The first kappa shape index (κ1) is 22.8. The van der Waals surface area contributed by atoms with Gasteiger partial charge < -0.3 is 14.5 Å². The van der Waals surface area contributed by atoms with Crippen molar-refractivity contribution in [1.82, 2.24) is 9.80 Å². The van der Waals surface area contributed by atoms with Crippen molar-refractivity contribution in [3.63, 3.8) is 0 Å². The molecule has 1 saturated heterocycles. The highest BCUT2D eigenvalue weighted by Crippen LogP contribution is 2.20. The van der Waals surface area contributed by atoms with E-state index in [2.05, 4.69) is 13.0 Å². The zero-order chi connectivity index (χ0) is 21.5. The van der Waals surface area contributed by atoms with Crippen LogP contribution in [0.2, 0.25) is 0 Å². The summed E-state index contributed by atoms with van der Waals surface area (Å²) >= 11 is 7.73. The number of hydrogen-bond donors (Lipinski definition) is 0. The molecule has 1 fully saturated rings. The van der Waals surface area contributed by atoms with Crippen molar-refractivity contribution in [2.24, 2.45) is 0 Å². The third-order valence-corrected chi connectivity index (χ3v) is 6.49. The molecule has 0 N–H and O–H groups in total. The number of alkyl halides is 1. The normalized spacial score (nSPS) is 17.0. The van der Waals surface area contributed by atoms with Gasteiger partial charge in [-0.15, -0.1) is 22.9 Å². The van der Waals surface area contributed by atoms with E-state index in [0.29, 0.717) is 26.2 Å². The molecule has 3 rings (SSSR count).